The minimum Gasteiger partial charge on any atom is -0.330 e. The van der Waals surface area contributed by atoms with Gasteiger partial charge in [0.15, 0.2) is 0 Å². The van der Waals surface area contributed by atoms with Gasteiger partial charge in [-0.15, -0.1) is 0 Å². The largest absolute Gasteiger partial charge is 0.330 e. The Bertz CT molecular complexity index is 301. The Morgan fingerprint density at radius 3 is 2.24 bits per heavy atom. The van der Waals surface area contributed by atoms with E-state index < -0.39 is 0 Å². The molecule has 0 aromatic heterocycles. The third kappa shape index (κ3) is 4.69. The van der Waals surface area contributed by atoms with Crippen LogP contribution in [0.4, 0.5) is 0 Å². The summed E-state index contributed by atoms with van der Waals surface area (Å²) in [4.78, 5) is 2.69. The average Bonchev–Trinajstić information content (AvgIpc) is 2.46. The molecule has 3 atom stereocenters. The molecule has 2 aliphatic carbocycles. The third-order valence-corrected chi connectivity index (χ3v) is 6.32. The lowest BCUT2D eigenvalue weighted by atomic mass is 9.67. The van der Waals surface area contributed by atoms with Crippen molar-refractivity contribution in [2.45, 2.75) is 78.2 Å². The molecule has 2 heteroatoms. The summed E-state index contributed by atoms with van der Waals surface area (Å²) in [6.45, 7) is 9.42. The molecule has 2 nitrogen and oxygen atoms in total. The van der Waals surface area contributed by atoms with Crippen LogP contribution < -0.4 is 5.73 Å². The molecular formula is C19H38N2. The maximum absolute atomic E-state index is 6.09. The molecule has 2 fully saturated rings. The predicted molar refractivity (Wildman–Crippen MR) is 92.3 cm³/mol. The Morgan fingerprint density at radius 2 is 1.67 bits per heavy atom. The van der Waals surface area contributed by atoms with E-state index in [1.54, 1.807) is 0 Å². The van der Waals surface area contributed by atoms with Crippen LogP contribution in [0.25, 0.3) is 0 Å². The van der Waals surface area contributed by atoms with Gasteiger partial charge in [-0.25, -0.2) is 0 Å². The van der Waals surface area contributed by atoms with E-state index in [0.29, 0.717) is 5.41 Å². The highest BCUT2D eigenvalue weighted by atomic mass is 15.1. The standard InChI is InChI=1S/C19H38N2/c1-19(2,3)17-11-10-16(13-20)18(12-17)21(4)14-15-8-6-5-7-9-15/h15-18H,5-14,20H2,1-4H3. The molecule has 2 saturated carbocycles. The Labute approximate surface area is 132 Å². The highest BCUT2D eigenvalue weighted by Crippen LogP contribution is 2.41. The molecule has 21 heavy (non-hydrogen) atoms. The van der Waals surface area contributed by atoms with Crippen molar-refractivity contribution in [2.24, 2.45) is 28.9 Å². The van der Waals surface area contributed by atoms with Gasteiger partial charge in [-0.3, -0.25) is 0 Å². The first-order chi connectivity index (χ1) is 9.91. The van der Waals surface area contributed by atoms with Gasteiger partial charge in [0.1, 0.15) is 0 Å². The summed E-state index contributed by atoms with van der Waals surface area (Å²) >= 11 is 0. The highest BCUT2D eigenvalue weighted by molar-refractivity contribution is 4.91. The summed E-state index contributed by atoms with van der Waals surface area (Å²) in [6, 6.07) is 0.718. The molecule has 0 saturated heterocycles. The van der Waals surface area contributed by atoms with Crippen molar-refractivity contribution in [3.63, 3.8) is 0 Å². The number of nitrogens with two attached hydrogens (primary N) is 1. The lowest BCUT2D eigenvalue weighted by molar-refractivity contribution is 0.0480. The van der Waals surface area contributed by atoms with Crippen LogP contribution in [-0.4, -0.2) is 31.1 Å². The highest BCUT2D eigenvalue weighted by Gasteiger charge is 2.37. The summed E-state index contributed by atoms with van der Waals surface area (Å²) in [7, 11) is 2.37. The summed E-state index contributed by atoms with van der Waals surface area (Å²) in [5, 5.41) is 0. The molecule has 3 unspecified atom stereocenters. The molecular weight excluding hydrogens is 256 g/mol. The second-order valence-electron chi connectivity index (χ2n) is 8.88. The molecule has 2 aliphatic rings. The van der Waals surface area contributed by atoms with Gasteiger partial charge >= 0.3 is 0 Å². The number of hydrogen-bond acceptors (Lipinski definition) is 2. The summed E-state index contributed by atoms with van der Waals surface area (Å²) in [5.41, 5.74) is 6.54. The lowest BCUT2D eigenvalue weighted by Gasteiger charge is -2.46. The van der Waals surface area contributed by atoms with Gasteiger partial charge in [-0.05, 0) is 68.9 Å². The van der Waals surface area contributed by atoms with Crippen LogP contribution in [-0.2, 0) is 0 Å². The fourth-order valence-corrected chi connectivity index (χ4v) is 4.72. The minimum absolute atomic E-state index is 0.448. The van der Waals surface area contributed by atoms with Crippen molar-refractivity contribution in [3.05, 3.63) is 0 Å². The number of nitrogens with zero attached hydrogens (tertiary/aromatic N) is 1. The van der Waals surface area contributed by atoms with E-state index in [1.807, 2.05) is 0 Å². The van der Waals surface area contributed by atoms with E-state index in [9.17, 15) is 0 Å². The molecule has 0 aromatic carbocycles. The summed E-state index contributed by atoms with van der Waals surface area (Å²) < 4.78 is 0. The maximum Gasteiger partial charge on any atom is 0.0135 e. The fraction of sp³-hybridized carbons (Fsp3) is 1.00. The molecule has 0 aliphatic heterocycles. The van der Waals surface area contributed by atoms with Crippen LogP contribution in [0.3, 0.4) is 0 Å². The minimum atomic E-state index is 0.448. The van der Waals surface area contributed by atoms with Crippen LogP contribution in [0.5, 0.6) is 0 Å². The zero-order valence-electron chi connectivity index (χ0n) is 14.9. The van der Waals surface area contributed by atoms with Gasteiger partial charge in [0.2, 0.25) is 0 Å². The first kappa shape index (κ1) is 17.3. The summed E-state index contributed by atoms with van der Waals surface area (Å²) in [6.07, 6.45) is 11.3. The van der Waals surface area contributed by atoms with Gasteiger partial charge < -0.3 is 10.6 Å². The molecule has 124 valence electrons. The third-order valence-electron chi connectivity index (χ3n) is 6.32. The normalized spacial score (nSPS) is 32.6. The first-order valence-electron chi connectivity index (χ1n) is 9.32. The van der Waals surface area contributed by atoms with Crippen LogP contribution in [0.1, 0.15) is 72.1 Å². The average molecular weight is 295 g/mol. The molecule has 0 radical (unpaired) electrons. The quantitative estimate of drug-likeness (QED) is 0.838. The second-order valence-corrected chi connectivity index (χ2v) is 8.88. The molecule has 0 heterocycles. The van der Waals surface area contributed by atoms with Crippen LogP contribution in [0.2, 0.25) is 0 Å². The molecule has 0 amide bonds. The Balaban J connectivity index is 1.95. The van der Waals surface area contributed by atoms with E-state index in [-0.39, 0.29) is 0 Å². The number of rotatable bonds is 4. The van der Waals surface area contributed by atoms with Crippen molar-refractivity contribution in [3.8, 4) is 0 Å². The molecule has 0 aromatic rings. The van der Waals surface area contributed by atoms with E-state index in [4.69, 9.17) is 5.73 Å². The second kappa shape index (κ2) is 7.46. The fourth-order valence-electron chi connectivity index (χ4n) is 4.72. The zero-order chi connectivity index (χ0) is 15.5. The van der Waals surface area contributed by atoms with Crippen molar-refractivity contribution < 1.29 is 0 Å². The van der Waals surface area contributed by atoms with E-state index in [2.05, 4.69) is 32.7 Å². The molecule has 0 spiro atoms. The topological polar surface area (TPSA) is 29.3 Å². The van der Waals surface area contributed by atoms with Crippen LogP contribution in [0, 0.1) is 23.2 Å². The summed E-state index contributed by atoms with van der Waals surface area (Å²) in [5.74, 6) is 2.52. The Hall–Kier alpha value is -0.0800. The van der Waals surface area contributed by atoms with E-state index in [1.165, 1.54) is 57.9 Å². The maximum atomic E-state index is 6.09. The number of hydrogen-bond donors (Lipinski definition) is 1. The molecule has 2 rings (SSSR count). The van der Waals surface area contributed by atoms with Crippen LogP contribution in [0.15, 0.2) is 0 Å². The van der Waals surface area contributed by atoms with Crippen molar-refractivity contribution >= 4 is 0 Å². The van der Waals surface area contributed by atoms with Crippen molar-refractivity contribution in [1.82, 2.24) is 4.90 Å². The first-order valence-corrected chi connectivity index (χ1v) is 9.32. The van der Waals surface area contributed by atoms with Gasteiger partial charge in [-0.2, -0.15) is 0 Å². The van der Waals surface area contributed by atoms with Gasteiger partial charge in [0.25, 0.3) is 0 Å². The Kier molecular flexibility index (Phi) is 6.14. The monoisotopic (exact) mass is 294 g/mol. The van der Waals surface area contributed by atoms with E-state index in [0.717, 1.165) is 30.3 Å². The lowest BCUT2D eigenvalue weighted by Crippen LogP contribution is -2.48. The van der Waals surface area contributed by atoms with Crippen molar-refractivity contribution in [1.29, 1.82) is 0 Å². The van der Waals surface area contributed by atoms with Gasteiger partial charge in [0.05, 0.1) is 0 Å². The predicted octanol–water partition coefficient (Wildman–Crippen LogP) is 4.29. The zero-order valence-corrected chi connectivity index (χ0v) is 14.9. The SMILES string of the molecule is CN(CC1CCCCC1)C1CC(C(C)(C)C)CCC1CN. The molecule has 0 bridgehead atoms. The van der Waals surface area contributed by atoms with Gasteiger partial charge in [-0.1, -0.05) is 40.0 Å². The molecule has 2 N–H and O–H groups in total. The van der Waals surface area contributed by atoms with Gasteiger partial charge in [0, 0.05) is 12.6 Å². The van der Waals surface area contributed by atoms with Crippen LogP contribution >= 0.6 is 0 Å². The van der Waals surface area contributed by atoms with E-state index >= 15 is 0 Å². The van der Waals surface area contributed by atoms with Crippen molar-refractivity contribution in [2.75, 3.05) is 20.1 Å². The Morgan fingerprint density at radius 1 is 1.00 bits per heavy atom. The smallest absolute Gasteiger partial charge is 0.0135 e.